The Balaban J connectivity index is 2.64. The summed E-state index contributed by atoms with van der Waals surface area (Å²) in [5.74, 6) is 0. The molecule has 3 heteroatoms. The van der Waals surface area contributed by atoms with Crippen molar-refractivity contribution in [1.29, 1.82) is 0 Å². The Morgan fingerprint density at radius 1 is 1.80 bits per heavy atom. The summed E-state index contributed by atoms with van der Waals surface area (Å²) in [4.78, 5) is 12.5. The van der Waals surface area contributed by atoms with Gasteiger partial charge in [-0.05, 0) is 13.3 Å². The summed E-state index contributed by atoms with van der Waals surface area (Å²) in [6.45, 7) is 4.68. The van der Waals surface area contributed by atoms with Crippen LogP contribution in [-0.2, 0) is 4.74 Å². The van der Waals surface area contributed by atoms with Crippen molar-refractivity contribution < 1.29 is 9.53 Å². The number of nitrogens with zero attached hydrogens (tertiary/aromatic N) is 1. The molecule has 0 aromatic carbocycles. The number of carbonyl (C=O) groups excluding carboxylic acids is 1. The van der Waals surface area contributed by atoms with Crippen LogP contribution in [0.1, 0.15) is 20.3 Å². The molecule has 1 saturated heterocycles. The van der Waals surface area contributed by atoms with Crippen molar-refractivity contribution in [2.45, 2.75) is 25.9 Å². The van der Waals surface area contributed by atoms with Gasteiger partial charge in [-0.3, -0.25) is 0 Å². The number of amides is 1. The van der Waals surface area contributed by atoms with E-state index in [1.54, 1.807) is 11.9 Å². The van der Waals surface area contributed by atoms with Gasteiger partial charge in [0.2, 0.25) is 0 Å². The van der Waals surface area contributed by atoms with Crippen LogP contribution in [0.2, 0.25) is 0 Å². The average Bonchev–Trinajstić information content (AvgIpc) is 2.10. The molecule has 1 unspecified atom stereocenters. The zero-order valence-electron chi connectivity index (χ0n) is 6.68. The minimum Gasteiger partial charge on any atom is -0.441 e. The van der Waals surface area contributed by atoms with E-state index in [9.17, 15) is 4.79 Å². The second-order valence-electron chi connectivity index (χ2n) is 3.03. The molecule has 1 amide bonds. The molecule has 0 aromatic rings. The SMILES string of the molecule is CCC1(C)CN(C)C(=O)O1. The van der Waals surface area contributed by atoms with Crippen molar-refractivity contribution in [3.63, 3.8) is 0 Å². The highest BCUT2D eigenvalue weighted by atomic mass is 16.6. The van der Waals surface area contributed by atoms with E-state index in [0.717, 1.165) is 6.42 Å². The third-order valence-electron chi connectivity index (χ3n) is 1.96. The highest BCUT2D eigenvalue weighted by Crippen LogP contribution is 2.23. The van der Waals surface area contributed by atoms with Crippen molar-refractivity contribution in [3.8, 4) is 0 Å². The Labute approximate surface area is 61.0 Å². The minimum atomic E-state index is -0.244. The van der Waals surface area contributed by atoms with Crippen LogP contribution in [0.3, 0.4) is 0 Å². The van der Waals surface area contributed by atoms with Gasteiger partial charge >= 0.3 is 6.09 Å². The molecule has 0 bridgehead atoms. The molecule has 58 valence electrons. The van der Waals surface area contributed by atoms with E-state index in [-0.39, 0.29) is 11.7 Å². The maximum Gasteiger partial charge on any atom is 0.410 e. The molecule has 1 aliphatic rings. The van der Waals surface area contributed by atoms with Gasteiger partial charge in [0.05, 0.1) is 6.54 Å². The molecule has 0 aromatic heterocycles. The van der Waals surface area contributed by atoms with Crippen molar-refractivity contribution in [1.82, 2.24) is 4.90 Å². The van der Waals surface area contributed by atoms with E-state index < -0.39 is 0 Å². The Hall–Kier alpha value is -0.730. The zero-order chi connectivity index (χ0) is 7.78. The molecule has 1 aliphatic heterocycles. The van der Waals surface area contributed by atoms with Crippen LogP contribution in [0.15, 0.2) is 0 Å². The number of hydrogen-bond donors (Lipinski definition) is 0. The van der Waals surface area contributed by atoms with Crippen LogP contribution in [0.5, 0.6) is 0 Å². The van der Waals surface area contributed by atoms with Gasteiger partial charge < -0.3 is 9.64 Å². The van der Waals surface area contributed by atoms with E-state index >= 15 is 0 Å². The molecule has 0 spiro atoms. The molecular formula is C7H13NO2. The first kappa shape index (κ1) is 7.38. The fourth-order valence-corrected chi connectivity index (χ4v) is 1.07. The van der Waals surface area contributed by atoms with Crippen LogP contribution < -0.4 is 0 Å². The number of hydrogen-bond acceptors (Lipinski definition) is 2. The number of carbonyl (C=O) groups is 1. The molecule has 0 saturated carbocycles. The lowest BCUT2D eigenvalue weighted by Crippen LogP contribution is -2.28. The number of cyclic esters (lactones) is 1. The molecule has 1 fully saturated rings. The van der Waals surface area contributed by atoms with Crippen LogP contribution in [0.4, 0.5) is 4.79 Å². The third kappa shape index (κ3) is 1.08. The van der Waals surface area contributed by atoms with Gasteiger partial charge in [-0.2, -0.15) is 0 Å². The normalized spacial score (nSPS) is 32.7. The Morgan fingerprint density at radius 2 is 2.40 bits per heavy atom. The maximum atomic E-state index is 10.9. The van der Waals surface area contributed by atoms with Crippen LogP contribution in [0, 0.1) is 0 Å². The van der Waals surface area contributed by atoms with Gasteiger partial charge in [0.15, 0.2) is 0 Å². The summed E-state index contributed by atoms with van der Waals surface area (Å²) < 4.78 is 5.10. The van der Waals surface area contributed by atoms with E-state index in [0.29, 0.717) is 6.54 Å². The predicted molar refractivity (Wildman–Crippen MR) is 37.8 cm³/mol. The first-order valence-corrected chi connectivity index (χ1v) is 3.51. The highest BCUT2D eigenvalue weighted by molar-refractivity contribution is 5.70. The topological polar surface area (TPSA) is 29.5 Å². The van der Waals surface area contributed by atoms with Crippen LogP contribution >= 0.6 is 0 Å². The second kappa shape index (κ2) is 2.15. The van der Waals surface area contributed by atoms with Gasteiger partial charge in [0, 0.05) is 7.05 Å². The Bertz CT molecular complexity index is 158. The third-order valence-corrected chi connectivity index (χ3v) is 1.96. The van der Waals surface area contributed by atoms with Gasteiger partial charge in [-0.1, -0.05) is 6.92 Å². The minimum absolute atomic E-state index is 0.204. The van der Waals surface area contributed by atoms with Gasteiger partial charge in [0.1, 0.15) is 5.60 Å². The summed E-state index contributed by atoms with van der Waals surface area (Å²) in [5, 5.41) is 0. The van der Waals surface area contributed by atoms with Crippen molar-refractivity contribution in [2.24, 2.45) is 0 Å². The van der Waals surface area contributed by atoms with Crippen molar-refractivity contribution in [2.75, 3.05) is 13.6 Å². The van der Waals surface area contributed by atoms with Gasteiger partial charge in [0.25, 0.3) is 0 Å². The lowest BCUT2D eigenvalue weighted by atomic mass is 10.0. The first-order chi connectivity index (χ1) is 4.57. The summed E-state index contributed by atoms with van der Waals surface area (Å²) in [5.41, 5.74) is -0.244. The number of ether oxygens (including phenoxy) is 1. The standard InChI is InChI=1S/C7H13NO2/c1-4-7(2)5-8(3)6(9)10-7/h4-5H2,1-3H3. The maximum absolute atomic E-state index is 10.9. The quantitative estimate of drug-likeness (QED) is 0.552. The lowest BCUT2D eigenvalue weighted by molar-refractivity contribution is 0.0689. The molecular weight excluding hydrogens is 130 g/mol. The largest absolute Gasteiger partial charge is 0.441 e. The average molecular weight is 143 g/mol. The molecule has 1 rings (SSSR count). The highest BCUT2D eigenvalue weighted by Gasteiger charge is 2.37. The molecule has 10 heavy (non-hydrogen) atoms. The monoisotopic (exact) mass is 143 g/mol. The number of rotatable bonds is 1. The van der Waals surface area contributed by atoms with Crippen LogP contribution in [0.25, 0.3) is 0 Å². The molecule has 0 aliphatic carbocycles. The fourth-order valence-electron chi connectivity index (χ4n) is 1.07. The first-order valence-electron chi connectivity index (χ1n) is 3.51. The number of likely N-dealkylation sites (N-methyl/N-ethyl adjacent to an activating group) is 1. The summed E-state index contributed by atoms with van der Waals surface area (Å²) in [6, 6.07) is 0. The van der Waals surface area contributed by atoms with Crippen molar-refractivity contribution >= 4 is 6.09 Å². The summed E-state index contributed by atoms with van der Waals surface area (Å²) >= 11 is 0. The molecule has 1 atom stereocenters. The fraction of sp³-hybridized carbons (Fsp3) is 0.857. The second-order valence-corrected chi connectivity index (χ2v) is 3.03. The molecule has 3 nitrogen and oxygen atoms in total. The van der Waals surface area contributed by atoms with E-state index in [4.69, 9.17) is 4.74 Å². The zero-order valence-corrected chi connectivity index (χ0v) is 6.68. The predicted octanol–water partition coefficient (Wildman–Crippen LogP) is 1.24. The summed E-state index contributed by atoms with van der Waals surface area (Å²) in [7, 11) is 1.75. The lowest BCUT2D eigenvalue weighted by Gasteiger charge is -2.17. The van der Waals surface area contributed by atoms with E-state index in [1.807, 2.05) is 13.8 Å². The van der Waals surface area contributed by atoms with E-state index in [1.165, 1.54) is 0 Å². The Morgan fingerprint density at radius 3 is 2.60 bits per heavy atom. The molecule has 0 radical (unpaired) electrons. The molecule has 1 heterocycles. The smallest absolute Gasteiger partial charge is 0.410 e. The van der Waals surface area contributed by atoms with Crippen LogP contribution in [-0.4, -0.2) is 30.2 Å². The molecule has 0 N–H and O–H groups in total. The van der Waals surface area contributed by atoms with Crippen molar-refractivity contribution in [3.05, 3.63) is 0 Å². The summed E-state index contributed by atoms with van der Waals surface area (Å²) in [6.07, 6.45) is 0.674. The van der Waals surface area contributed by atoms with E-state index in [2.05, 4.69) is 0 Å². The van der Waals surface area contributed by atoms with Gasteiger partial charge in [-0.15, -0.1) is 0 Å². The van der Waals surface area contributed by atoms with Gasteiger partial charge in [-0.25, -0.2) is 4.79 Å². The Kier molecular flexibility index (Phi) is 1.58.